The molecule has 1 unspecified atom stereocenters. The lowest BCUT2D eigenvalue weighted by Crippen LogP contribution is -2.13. The molecule has 39 heavy (non-hydrogen) atoms. The molecule has 3 aromatic carbocycles. The highest BCUT2D eigenvalue weighted by molar-refractivity contribution is 6.39. The fraction of sp³-hybridized carbons (Fsp3) is 0.241. The molecular weight excluding hydrogens is 563 g/mol. The third-order valence-electron chi connectivity index (χ3n) is 6.46. The number of rotatable bonds is 10. The van der Waals surface area contributed by atoms with Gasteiger partial charge in [0.25, 0.3) is 0 Å². The minimum atomic E-state index is -0.901. The molecule has 202 valence electrons. The van der Waals surface area contributed by atoms with Gasteiger partial charge in [-0.25, -0.2) is 4.79 Å². The first-order chi connectivity index (χ1) is 18.9. The molecule has 0 bridgehead atoms. The Morgan fingerprint density at radius 3 is 2.51 bits per heavy atom. The van der Waals surface area contributed by atoms with Crippen LogP contribution in [0.3, 0.4) is 0 Å². The summed E-state index contributed by atoms with van der Waals surface area (Å²) in [6.07, 6.45) is 1.15. The van der Waals surface area contributed by atoms with Crippen LogP contribution in [0.1, 0.15) is 52.1 Å². The second-order valence-corrected chi connectivity index (χ2v) is 10.4. The lowest BCUT2D eigenvalue weighted by atomic mass is 10.0. The van der Waals surface area contributed by atoms with E-state index < -0.39 is 12.1 Å². The average Bonchev–Trinajstić information content (AvgIpc) is 3.70. The molecule has 10 heteroatoms. The molecular formula is C29H25Cl3N2O5. The number of aliphatic hydroxyl groups excluding tert-OH is 1. The Labute approximate surface area is 240 Å². The third kappa shape index (κ3) is 6.17. The monoisotopic (exact) mass is 586 g/mol. The van der Waals surface area contributed by atoms with Gasteiger partial charge in [-0.2, -0.15) is 0 Å². The summed E-state index contributed by atoms with van der Waals surface area (Å²) in [5, 5.41) is 19.5. The quantitative estimate of drug-likeness (QED) is 0.184. The van der Waals surface area contributed by atoms with Crippen LogP contribution in [0.4, 0.5) is 5.69 Å². The second kappa shape index (κ2) is 11.9. The zero-order valence-electron chi connectivity index (χ0n) is 20.9. The van der Waals surface area contributed by atoms with E-state index in [1.165, 1.54) is 7.11 Å². The summed E-state index contributed by atoms with van der Waals surface area (Å²) in [5.41, 5.74) is 3.58. The van der Waals surface area contributed by atoms with Gasteiger partial charge in [0.1, 0.15) is 23.8 Å². The smallest absolute Gasteiger partial charge is 0.337 e. The van der Waals surface area contributed by atoms with E-state index in [0.717, 1.165) is 24.2 Å². The van der Waals surface area contributed by atoms with Gasteiger partial charge in [-0.3, -0.25) is 0 Å². The van der Waals surface area contributed by atoms with Gasteiger partial charge in [0.15, 0.2) is 0 Å². The zero-order chi connectivity index (χ0) is 27.5. The van der Waals surface area contributed by atoms with Gasteiger partial charge in [0.05, 0.1) is 39.4 Å². The lowest BCUT2D eigenvalue weighted by Gasteiger charge is -2.16. The van der Waals surface area contributed by atoms with Gasteiger partial charge in [0, 0.05) is 29.3 Å². The van der Waals surface area contributed by atoms with Crippen LogP contribution in [0.2, 0.25) is 15.1 Å². The Balaban J connectivity index is 1.28. The molecule has 0 radical (unpaired) electrons. The molecule has 1 aliphatic carbocycles. The Morgan fingerprint density at radius 1 is 1.08 bits per heavy atom. The molecule has 1 fully saturated rings. The van der Waals surface area contributed by atoms with E-state index in [-0.39, 0.29) is 13.2 Å². The third-order valence-corrected chi connectivity index (χ3v) is 7.42. The molecule has 1 heterocycles. The van der Waals surface area contributed by atoms with Crippen molar-refractivity contribution < 1.29 is 23.9 Å². The normalized spacial score (nSPS) is 13.7. The fourth-order valence-corrected chi connectivity index (χ4v) is 5.14. The minimum Gasteiger partial charge on any atom is -0.489 e. The van der Waals surface area contributed by atoms with Crippen molar-refractivity contribution in [3.05, 3.63) is 98.2 Å². The van der Waals surface area contributed by atoms with Crippen LogP contribution < -0.4 is 10.1 Å². The number of halogens is 3. The van der Waals surface area contributed by atoms with E-state index >= 15 is 0 Å². The van der Waals surface area contributed by atoms with Gasteiger partial charge in [0.2, 0.25) is 0 Å². The lowest BCUT2D eigenvalue weighted by molar-refractivity contribution is 0.0601. The summed E-state index contributed by atoms with van der Waals surface area (Å²) in [5.74, 6) is 1.17. The van der Waals surface area contributed by atoms with Crippen molar-refractivity contribution in [2.45, 2.75) is 31.5 Å². The Hall–Kier alpha value is -3.23. The molecule has 5 rings (SSSR count). The second-order valence-electron chi connectivity index (χ2n) is 9.19. The van der Waals surface area contributed by atoms with E-state index in [1.807, 2.05) is 0 Å². The van der Waals surface area contributed by atoms with Gasteiger partial charge >= 0.3 is 5.97 Å². The van der Waals surface area contributed by atoms with Gasteiger partial charge < -0.3 is 24.4 Å². The summed E-state index contributed by atoms with van der Waals surface area (Å²) in [7, 11) is 1.33. The first-order valence-electron chi connectivity index (χ1n) is 12.3. The van der Waals surface area contributed by atoms with Crippen molar-refractivity contribution in [2.75, 3.05) is 19.0 Å². The minimum absolute atomic E-state index is 0.179. The Kier molecular flexibility index (Phi) is 8.33. The number of anilines is 1. The van der Waals surface area contributed by atoms with E-state index in [9.17, 15) is 9.90 Å². The summed E-state index contributed by atoms with van der Waals surface area (Å²) in [6, 6.07) is 17.2. The highest BCUT2D eigenvalue weighted by atomic mass is 35.5. The molecule has 1 aromatic heterocycles. The standard InChI is InChI=1S/C29H25Cl3N2O5/c1-37-29(36)17-4-2-5-18(12-17)33-14-25(35)20-11-10-19(13-24(20)32)38-15-21-27(34-39-28(21)16-8-9-16)26-22(30)6-3-7-23(26)31/h2-7,10-13,16,25,33,35H,8-9,14-15H2,1H3. The van der Waals surface area contributed by atoms with E-state index in [2.05, 4.69) is 10.5 Å². The van der Waals surface area contributed by atoms with Crippen molar-refractivity contribution in [3.8, 4) is 17.0 Å². The van der Waals surface area contributed by atoms with Crippen LogP contribution in [-0.2, 0) is 11.3 Å². The van der Waals surface area contributed by atoms with Crippen molar-refractivity contribution in [1.82, 2.24) is 5.16 Å². The van der Waals surface area contributed by atoms with E-state index in [0.29, 0.717) is 54.8 Å². The highest BCUT2D eigenvalue weighted by Crippen LogP contribution is 2.46. The molecule has 2 N–H and O–H groups in total. The topological polar surface area (TPSA) is 93.8 Å². The maximum Gasteiger partial charge on any atom is 0.337 e. The molecule has 1 atom stereocenters. The van der Waals surface area contributed by atoms with Crippen molar-refractivity contribution >= 4 is 46.5 Å². The molecule has 0 aliphatic heterocycles. The Morgan fingerprint density at radius 2 is 1.82 bits per heavy atom. The van der Waals surface area contributed by atoms with Crippen LogP contribution in [-0.4, -0.2) is 29.9 Å². The highest BCUT2D eigenvalue weighted by Gasteiger charge is 2.33. The van der Waals surface area contributed by atoms with Gasteiger partial charge in [-0.1, -0.05) is 58.2 Å². The molecule has 0 amide bonds. The number of nitrogens with one attached hydrogen (secondary N) is 1. The number of nitrogens with zero attached hydrogens (tertiary/aromatic N) is 1. The number of hydrogen-bond acceptors (Lipinski definition) is 7. The number of ether oxygens (including phenoxy) is 2. The maximum absolute atomic E-state index is 11.8. The van der Waals surface area contributed by atoms with Crippen LogP contribution >= 0.6 is 34.8 Å². The summed E-state index contributed by atoms with van der Waals surface area (Å²) < 4.78 is 16.5. The molecule has 0 saturated heterocycles. The average molecular weight is 588 g/mol. The number of aliphatic hydroxyl groups is 1. The zero-order valence-corrected chi connectivity index (χ0v) is 23.2. The predicted octanol–water partition coefficient (Wildman–Crippen LogP) is 7.69. The SMILES string of the molecule is COC(=O)c1cccc(NCC(O)c2ccc(OCc3c(-c4c(Cl)cccc4Cl)noc3C3CC3)cc2Cl)c1. The van der Waals surface area contributed by atoms with Crippen molar-refractivity contribution in [1.29, 1.82) is 0 Å². The van der Waals surface area contributed by atoms with Crippen LogP contribution in [0.15, 0.2) is 65.2 Å². The molecule has 1 aliphatic rings. The number of esters is 1. The first kappa shape index (κ1) is 27.3. The number of aromatic nitrogens is 1. The number of benzene rings is 3. The van der Waals surface area contributed by atoms with Crippen molar-refractivity contribution in [3.63, 3.8) is 0 Å². The summed E-state index contributed by atoms with van der Waals surface area (Å²) in [6.45, 7) is 0.362. The molecule has 1 saturated carbocycles. The van der Waals surface area contributed by atoms with E-state index in [4.69, 9.17) is 48.8 Å². The first-order valence-corrected chi connectivity index (χ1v) is 13.4. The van der Waals surface area contributed by atoms with Crippen LogP contribution in [0.25, 0.3) is 11.3 Å². The predicted molar refractivity (Wildman–Crippen MR) is 151 cm³/mol. The molecule has 7 nitrogen and oxygen atoms in total. The van der Waals surface area contributed by atoms with Crippen LogP contribution in [0, 0.1) is 0 Å². The Bertz CT molecular complexity index is 1480. The number of hydrogen-bond donors (Lipinski definition) is 2. The van der Waals surface area contributed by atoms with Crippen molar-refractivity contribution in [2.24, 2.45) is 0 Å². The molecule has 0 spiro atoms. The summed E-state index contributed by atoms with van der Waals surface area (Å²) >= 11 is 19.4. The number of carbonyl (C=O) groups is 1. The number of methoxy groups -OCH3 is 1. The summed E-state index contributed by atoms with van der Waals surface area (Å²) in [4.78, 5) is 11.8. The number of carbonyl (C=O) groups excluding carboxylic acids is 1. The van der Waals surface area contributed by atoms with Gasteiger partial charge in [-0.15, -0.1) is 0 Å². The van der Waals surface area contributed by atoms with Crippen LogP contribution in [0.5, 0.6) is 5.75 Å². The van der Waals surface area contributed by atoms with E-state index in [1.54, 1.807) is 60.7 Å². The molecule has 4 aromatic rings. The fourth-order valence-electron chi connectivity index (χ4n) is 4.27. The maximum atomic E-state index is 11.8. The largest absolute Gasteiger partial charge is 0.489 e. The van der Waals surface area contributed by atoms with Gasteiger partial charge in [-0.05, 0) is 55.3 Å².